The number of hydrogen-bond acceptors (Lipinski definition) is 11. The fourth-order valence-corrected chi connectivity index (χ4v) is 3.57. The Kier molecular flexibility index (Phi) is 6.15. The van der Waals surface area contributed by atoms with Gasteiger partial charge in [-0.2, -0.15) is 0 Å². The van der Waals surface area contributed by atoms with Crippen LogP contribution >= 0.6 is 0 Å². The zero-order valence-electron chi connectivity index (χ0n) is 17.3. The average molecular weight is 462 g/mol. The van der Waals surface area contributed by atoms with E-state index in [4.69, 9.17) is 18.6 Å². The van der Waals surface area contributed by atoms with Crippen LogP contribution in [0.1, 0.15) is 0 Å². The van der Waals surface area contributed by atoms with Crippen molar-refractivity contribution in [2.45, 2.75) is 30.7 Å². The molecule has 1 aliphatic rings. The van der Waals surface area contributed by atoms with Crippen molar-refractivity contribution >= 4 is 11.0 Å². The minimum Gasteiger partial charge on any atom is -0.508 e. The first-order valence-electron chi connectivity index (χ1n) is 9.89. The number of aromatic hydroxyl groups is 2. The normalized spacial score (nSPS) is 25.2. The van der Waals surface area contributed by atoms with Crippen LogP contribution in [-0.4, -0.2) is 75.1 Å². The van der Waals surface area contributed by atoms with Crippen LogP contribution < -0.4 is 14.9 Å². The molecule has 176 valence electrons. The fraction of sp³-hybridized carbons (Fsp3) is 0.318. The topological polar surface area (TPSA) is 179 Å². The fourth-order valence-electron chi connectivity index (χ4n) is 3.57. The number of fused-ring (bicyclic) bond motifs is 1. The molecule has 2 aromatic carbocycles. The van der Waals surface area contributed by atoms with Gasteiger partial charge in [0.2, 0.25) is 17.5 Å². The first-order valence-corrected chi connectivity index (χ1v) is 9.89. The molecule has 1 fully saturated rings. The molecule has 11 heteroatoms. The largest absolute Gasteiger partial charge is 0.508 e. The lowest BCUT2D eigenvalue weighted by Gasteiger charge is -2.39. The van der Waals surface area contributed by atoms with Crippen LogP contribution in [0.3, 0.4) is 0 Å². The van der Waals surface area contributed by atoms with Gasteiger partial charge < -0.3 is 49.3 Å². The number of hydrogen-bond donors (Lipinski definition) is 6. The summed E-state index contributed by atoms with van der Waals surface area (Å²) in [6.45, 7) is -0.692. The van der Waals surface area contributed by atoms with E-state index < -0.39 is 54.2 Å². The molecular formula is C22H22O11. The molecule has 2 unspecified atom stereocenters. The Morgan fingerprint density at radius 1 is 1.00 bits per heavy atom. The molecule has 0 spiro atoms. The van der Waals surface area contributed by atoms with Crippen LogP contribution in [0.5, 0.6) is 23.0 Å². The summed E-state index contributed by atoms with van der Waals surface area (Å²) in [4.78, 5) is 13.4. The summed E-state index contributed by atoms with van der Waals surface area (Å²) >= 11 is 0. The molecule has 33 heavy (non-hydrogen) atoms. The van der Waals surface area contributed by atoms with E-state index in [1.54, 1.807) is 0 Å². The van der Waals surface area contributed by atoms with Crippen molar-refractivity contribution in [3.63, 3.8) is 0 Å². The van der Waals surface area contributed by atoms with E-state index in [0.717, 1.165) is 0 Å². The van der Waals surface area contributed by atoms with Gasteiger partial charge in [0.15, 0.2) is 5.76 Å². The zero-order chi connectivity index (χ0) is 23.9. The van der Waals surface area contributed by atoms with Crippen molar-refractivity contribution < 1.29 is 49.3 Å². The average Bonchev–Trinajstić information content (AvgIpc) is 2.80. The van der Waals surface area contributed by atoms with Crippen LogP contribution in [0.25, 0.3) is 22.3 Å². The Bertz CT molecular complexity index is 1200. The highest BCUT2D eigenvalue weighted by molar-refractivity contribution is 5.88. The highest BCUT2D eigenvalue weighted by Crippen LogP contribution is 2.37. The highest BCUT2D eigenvalue weighted by Gasteiger charge is 2.45. The molecule has 1 aliphatic heterocycles. The van der Waals surface area contributed by atoms with E-state index in [1.165, 1.54) is 43.5 Å². The summed E-state index contributed by atoms with van der Waals surface area (Å²) in [5.74, 6) is -0.871. The SMILES string of the molecule is COc1cc(O)c2c(=O)c(O[C@@H]3O[C@H](CO)[C@@H](O)C(O)C3O)c(-c3ccc(O)cc3)oc2c1. The Labute approximate surface area is 186 Å². The second-order valence-electron chi connectivity index (χ2n) is 7.47. The van der Waals surface area contributed by atoms with Crippen molar-refractivity contribution in [2.75, 3.05) is 13.7 Å². The van der Waals surface area contributed by atoms with Gasteiger partial charge in [0, 0.05) is 17.7 Å². The molecular weight excluding hydrogens is 440 g/mol. The third-order valence-corrected chi connectivity index (χ3v) is 5.35. The van der Waals surface area contributed by atoms with E-state index in [1.807, 2.05) is 0 Å². The smallest absolute Gasteiger partial charge is 0.239 e. The number of aliphatic hydroxyl groups is 4. The number of methoxy groups -OCH3 is 1. The molecule has 1 aromatic heterocycles. The van der Waals surface area contributed by atoms with Crippen molar-refractivity contribution in [1.29, 1.82) is 0 Å². The predicted octanol–water partition coefficient (Wildman–Crippen LogP) is 0.0585. The van der Waals surface area contributed by atoms with Gasteiger partial charge in [-0.05, 0) is 24.3 Å². The van der Waals surface area contributed by atoms with E-state index >= 15 is 0 Å². The molecule has 4 rings (SSSR count). The lowest BCUT2D eigenvalue weighted by atomic mass is 9.99. The number of phenolic OH excluding ortho intramolecular Hbond substituents is 2. The molecule has 5 atom stereocenters. The van der Waals surface area contributed by atoms with Crippen LogP contribution in [0.2, 0.25) is 0 Å². The van der Waals surface area contributed by atoms with Gasteiger partial charge in [0.1, 0.15) is 52.6 Å². The van der Waals surface area contributed by atoms with E-state index in [9.17, 15) is 35.4 Å². The molecule has 0 aliphatic carbocycles. The lowest BCUT2D eigenvalue weighted by molar-refractivity contribution is -0.277. The summed E-state index contributed by atoms with van der Waals surface area (Å²) in [5.41, 5.74) is -0.550. The van der Waals surface area contributed by atoms with Gasteiger partial charge in [-0.1, -0.05) is 0 Å². The van der Waals surface area contributed by atoms with Gasteiger partial charge in [0.25, 0.3) is 0 Å². The molecule has 6 N–H and O–H groups in total. The number of benzene rings is 2. The Morgan fingerprint density at radius 3 is 2.33 bits per heavy atom. The Hall–Kier alpha value is -3.35. The number of ether oxygens (including phenoxy) is 3. The van der Waals surface area contributed by atoms with E-state index in [2.05, 4.69) is 0 Å². The van der Waals surface area contributed by atoms with Gasteiger partial charge in [-0.3, -0.25) is 4.79 Å². The van der Waals surface area contributed by atoms with Gasteiger partial charge in [-0.15, -0.1) is 0 Å². The van der Waals surface area contributed by atoms with Gasteiger partial charge in [0.05, 0.1) is 13.7 Å². The molecule has 0 radical (unpaired) electrons. The minimum atomic E-state index is -1.78. The molecule has 0 saturated carbocycles. The van der Waals surface area contributed by atoms with E-state index in [0.29, 0.717) is 5.56 Å². The first kappa shape index (κ1) is 22.8. The number of aliphatic hydroxyl groups excluding tert-OH is 4. The Morgan fingerprint density at radius 2 is 1.70 bits per heavy atom. The second-order valence-corrected chi connectivity index (χ2v) is 7.47. The number of phenols is 2. The summed E-state index contributed by atoms with van der Waals surface area (Å²) in [5, 5.41) is 59.5. The third-order valence-electron chi connectivity index (χ3n) is 5.35. The molecule has 1 saturated heterocycles. The quantitative estimate of drug-likeness (QED) is 0.302. The van der Waals surface area contributed by atoms with Crippen LogP contribution in [0.4, 0.5) is 0 Å². The Balaban J connectivity index is 1.89. The highest BCUT2D eigenvalue weighted by atomic mass is 16.7. The monoisotopic (exact) mass is 462 g/mol. The summed E-state index contributed by atoms with van der Waals surface area (Å²) in [6, 6.07) is 8.18. The summed E-state index contributed by atoms with van der Waals surface area (Å²) in [7, 11) is 1.37. The molecule has 3 aromatic rings. The van der Waals surface area contributed by atoms with Gasteiger partial charge in [-0.25, -0.2) is 0 Å². The maximum atomic E-state index is 13.4. The minimum absolute atomic E-state index is 0.0268. The maximum absolute atomic E-state index is 13.4. The summed E-state index contributed by atoms with van der Waals surface area (Å²) < 4.78 is 21.9. The van der Waals surface area contributed by atoms with Gasteiger partial charge >= 0.3 is 0 Å². The second kappa shape index (κ2) is 8.89. The van der Waals surface area contributed by atoms with Crippen molar-refractivity contribution in [2.24, 2.45) is 0 Å². The first-order chi connectivity index (χ1) is 15.7. The molecule has 2 heterocycles. The maximum Gasteiger partial charge on any atom is 0.239 e. The van der Waals surface area contributed by atoms with Crippen molar-refractivity contribution in [1.82, 2.24) is 0 Å². The van der Waals surface area contributed by atoms with Crippen molar-refractivity contribution in [3.8, 4) is 34.3 Å². The van der Waals surface area contributed by atoms with Crippen LogP contribution in [0.15, 0.2) is 45.6 Å². The zero-order valence-corrected chi connectivity index (χ0v) is 17.3. The lowest BCUT2D eigenvalue weighted by Crippen LogP contribution is -2.60. The number of rotatable bonds is 5. The van der Waals surface area contributed by atoms with Crippen LogP contribution in [-0.2, 0) is 4.74 Å². The molecule has 0 bridgehead atoms. The summed E-state index contributed by atoms with van der Waals surface area (Å²) in [6.07, 6.45) is -8.07. The molecule has 0 amide bonds. The van der Waals surface area contributed by atoms with Crippen molar-refractivity contribution in [3.05, 3.63) is 46.6 Å². The van der Waals surface area contributed by atoms with E-state index in [-0.39, 0.29) is 28.2 Å². The standard InChI is InChI=1S/C22H22O11/c1-30-11-6-12(25)15-13(7-11)31-20(9-2-4-10(24)5-3-9)21(17(15)27)33-22-19(29)18(28)16(26)14(8-23)32-22/h2-7,14,16,18-19,22-26,28-29H,8H2,1H3/t14-,16-,18?,19?,22+/m1/s1. The van der Waals surface area contributed by atoms with Crippen LogP contribution in [0, 0.1) is 0 Å². The molecule has 11 nitrogen and oxygen atoms in total. The third kappa shape index (κ3) is 4.08. The predicted molar refractivity (Wildman–Crippen MR) is 112 cm³/mol.